The highest BCUT2D eigenvalue weighted by Gasteiger charge is 2.25. The van der Waals surface area contributed by atoms with Crippen LogP contribution >= 0.6 is 0 Å². The number of nitrogens with one attached hydrogen (secondary N) is 1. The first-order chi connectivity index (χ1) is 17.0. The molecule has 0 radical (unpaired) electrons. The van der Waals surface area contributed by atoms with E-state index in [1.807, 2.05) is 0 Å². The SMILES string of the molecule is O=C(O)c1c(-c2ccccc2)nc(NCCN(c2ccccn2)[N+](=O)[O-])nc1-c1ccccc1F. The van der Waals surface area contributed by atoms with Gasteiger partial charge in [0.1, 0.15) is 17.9 Å². The van der Waals surface area contributed by atoms with Crippen molar-refractivity contribution in [2.45, 2.75) is 0 Å². The average Bonchev–Trinajstić information content (AvgIpc) is 2.87. The quantitative estimate of drug-likeness (QED) is 0.271. The van der Waals surface area contributed by atoms with Gasteiger partial charge in [0.2, 0.25) is 5.95 Å². The van der Waals surface area contributed by atoms with Crippen molar-refractivity contribution in [3.63, 3.8) is 0 Å². The summed E-state index contributed by atoms with van der Waals surface area (Å²) in [6.45, 7) is -0.0708. The second-order valence-electron chi connectivity index (χ2n) is 7.25. The summed E-state index contributed by atoms with van der Waals surface area (Å²) in [6.07, 6.45) is 1.44. The van der Waals surface area contributed by atoms with E-state index in [0.717, 1.165) is 5.01 Å². The van der Waals surface area contributed by atoms with Gasteiger partial charge in [-0.1, -0.05) is 53.5 Å². The molecule has 0 fully saturated rings. The Morgan fingerprint density at radius 3 is 2.34 bits per heavy atom. The van der Waals surface area contributed by atoms with Gasteiger partial charge in [-0.05, 0) is 24.3 Å². The van der Waals surface area contributed by atoms with E-state index in [4.69, 9.17) is 0 Å². The van der Waals surface area contributed by atoms with Crippen molar-refractivity contribution < 1.29 is 19.3 Å². The number of benzene rings is 2. The standard InChI is InChI=1S/C24H19FN6O4/c25-18-11-5-4-10-17(18)22-20(23(32)33)21(16-8-2-1-3-9-16)28-24(29-22)27-14-15-30(31(34)35)19-12-6-7-13-26-19/h1-13H,14-15H2,(H,32,33)(H,27,28,29). The number of rotatable bonds is 9. The Morgan fingerprint density at radius 2 is 1.69 bits per heavy atom. The molecule has 0 bridgehead atoms. The molecule has 176 valence electrons. The summed E-state index contributed by atoms with van der Waals surface area (Å²) >= 11 is 0. The number of hydrogen-bond donors (Lipinski definition) is 2. The van der Waals surface area contributed by atoms with E-state index in [-0.39, 0.29) is 47.4 Å². The van der Waals surface area contributed by atoms with Crippen LogP contribution in [0.4, 0.5) is 16.2 Å². The van der Waals surface area contributed by atoms with Crippen molar-refractivity contribution in [3.8, 4) is 22.5 Å². The number of carbonyl (C=O) groups is 1. The Labute approximate surface area is 198 Å². The van der Waals surface area contributed by atoms with E-state index < -0.39 is 16.8 Å². The molecule has 0 saturated carbocycles. The van der Waals surface area contributed by atoms with Crippen LogP contribution in [-0.4, -0.2) is 44.1 Å². The number of nitro groups is 1. The predicted octanol–water partition coefficient (Wildman–Crippen LogP) is 4.15. The van der Waals surface area contributed by atoms with Gasteiger partial charge in [0.25, 0.3) is 0 Å². The van der Waals surface area contributed by atoms with Crippen LogP contribution in [0.5, 0.6) is 0 Å². The minimum absolute atomic E-state index is 0.00331. The highest BCUT2D eigenvalue weighted by atomic mass is 19.1. The number of hydrogen-bond acceptors (Lipinski definition) is 7. The highest BCUT2D eigenvalue weighted by Crippen LogP contribution is 2.32. The summed E-state index contributed by atoms with van der Waals surface area (Å²) in [5.74, 6) is -1.81. The molecule has 4 aromatic rings. The number of pyridine rings is 1. The van der Waals surface area contributed by atoms with Crippen LogP contribution in [0.3, 0.4) is 0 Å². The second-order valence-corrected chi connectivity index (χ2v) is 7.25. The summed E-state index contributed by atoms with van der Waals surface area (Å²) in [4.78, 5) is 36.4. The zero-order chi connectivity index (χ0) is 24.8. The molecule has 0 aliphatic rings. The average molecular weight is 474 g/mol. The van der Waals surface area contributed by atoms with Crippen LogP contribution in [-0.2, 0) is 0 Å². The Bertz CT molecular complexity index is 1350. The van der Waals surface area contributed by atoms with Gasteiger partial charge in [-0.2, -0.15) is 0 Å². The Kier molecular flexibility index (Phi) is 6.86. The molecule has 0 saturated heterocycles. The number of carboxylic acids is 1. The third kappa shape index (κ3) is 5.19. The number of aromatic nitrogens is 3. The van der Waals surface area contributed by atoms with E-state index in [1.165, 1.54) is 30.5 Å². The number of hydrazine groups is 1. The summed E-state index contributed by atoms with van der Waals surface area (Å²) in [5.41, 5.74) is 0.209. The van der Waals surface area contributed by atoms with E-state index in [1.54, 1.807) is 48.5 Å². The first-order valence-electron chi connectivity index (χ1n) is 10.5. The molecule has 11 heteroatoms. The fourth-order valence-electron chi connectivity index (χ4n) is 3.46. The smallest absolute Gasteiger partial charge is 0.340 e. The Balaban J connectivity index is 1.73. The van der Waals surface area contributed by atoms with Crippen molar-refractivity contribution >= 4 is 17.7 Å². The topological polar surface area (TPSA) is 134 Å². The maximum Gasteiger partial charge on any atom is 0.340 e. The van der Waals surface area contributed by atoms with Crippen molar-refractivity contribution in [1.29, 1.82) is 0 Å². The summed E-state index contributed by atoms with van der Waals surface area (Å²) in [6, 6.07) is 19.1. The van der Waals surface area contributed by atoms with Crippen LogP contribution in [0.1, 0.15) is 10.4 Å². The molecule has 0 aliphatic heterocycles. The maximum atomic E-state index is 14.7. The molecule has 0 unspecified atom stereocenters. The van der Waals surface area contributed by atoms with Gasteiger partial charge in [-0.15, -0.1) is 0 Å². The summed E-state index contributed by atoms with van der Waals surface area (Å²) in [7, 11) is 0. The molecule has 2 heterocycles. The second kappa shape index (κ2) is 10.3. The van der Waals surface area contributed by atoms with E-state index >= 15 is 0 Å². The van der Waals surface area contributed by atoms with Gasteiger partial charge in [0.05, 0.1) is 11.4 Å². The van der Waals surface area contributed by atoms with Crippen LogP contribution in [0.15, 0.2) is 79.0 Å². The molecule has 0 aliphatic carbocycles. The predicted molar refractivity (Wildman–Crippen MR) is 127 cm³/mol. The first-order valence-corrected chi connectivity index (χ1v) is 10.5. The molecule has 0 amide bonds. The van der Waals surface area contributed by atoms with Crippen LogP contribution in [0.2, 0.25) is 0 Å². The van der Waals surface area contributed by atoms with E-state index in [2.05, 4.69) is 20.3 Å². The highest BCUT2D eigenvalue weighted by molar-refractivity contribution is 6.01. The van der Waals surface area contributed by atoms with Gasteiger partial charge in [-0.25, -0.2) is 34.3 Å². The molecular weight excluding hydrogens is 455 g/mol. The van der Waals surface area contributed by atoms with Gasteiger partial charge in [0, 0.05) is 23.9 Å². The lowest BCUT2D eigenvalue weighted by molar-refractivity contribution is -0.494. The molecule has 2 aromatic heterocycles. The Hall–Kier alpha value is -4.93. The van der Waals surface area contributed by atoms with Crippen molar-refractivity contribution in [3.05, 3.63) is 100 Å². The van der Waals surface area contributed by atoms with Crippen LogP contribution < -0.4 is 10.3 Å². The number of halogens is 1. The number of anilines is 2. The van der Waals surface area contributed by atoms with Crippen molar-refractivity contribution in [2.75, 3.05) is 23.4 Å². The molecule has 2 N–H and O–H groups in total. The number of carboxylic acid groups (broad SMARTS) is 1. The summed E-state index contributed by atoms with van der Waals surface area (Å²) < 4.78 is 14.7. The van der Waals surface area contributed by atoms with E-state index in [9.17, 15) is 24.4 Å². The van der Waals surface area contributed by atoms with Crippen LogP contribution in [0.25, 0.3) is 22.5 Å². The van der Waals surface area contributed by atoms with Crippen LogP contribution in [0, 0.1) is 15.9 Å². The largest absolute Gasteiger partial charge is 0.478 e. The molecule has 4 rings (SSSR count). The third-order valence-corrected chi connectivity index (χ3v) is 5.02. The molecule has 0 spiro atoms. The van der Waals surface area contributed by atoms with Gasteiger partial charge >= 0.3 is 5.97 Å². The van der Waals surface area contributed by atoms with E-state index in [0.29, 0.717) is 5.56 Å². The molecule has 0 atom stereocenters. The Morgan fingerprint density at radius 1 is 1.00 bits per heavy atom. The fraction of sp³-hybridized carbons (Fsp3) is 0.0833. The first kappa shape index (κ1) is 23.2. The minimum Gasteiger partial charge on any atom is -0.478 e. The third-order valence-electron chi connectivity index (χ3n) is 5.02. The lowest BCUT2D eigenvalue weighted by atomic mass is 10.00. The normalized spacial score (nSPS) is 10.5. The minimum atomic E-state index is -1.32. The zero-order valence-corrected chi connectivity index (χ0v) is 18.2. The fourth-order valence-corrected chi connectivity index (χ4v) is 3.46. The van der Waals surface area contributed by atoms with Gasteiger partial charge in [-0.3, -0.25) is 0 Å². The molecular formula is C24H19FN6O4. The lowest BCUT2D eigenvalue weighted by Crippen LogP contribution is -2.35. The number of nitrogens with zero attached hydrogens (tertiary/aromatic N) is 5. The monoisotopic (exact) mass is 474 g/mol. The van der Waals surface area contributed by atoms with Crippen molar-refractivity contribution in [2.24, 2.45) is 0 Å². The maximum absolute atomic E-state index is 14.7. The lowest BCUT2D eigenvalue weighted by Gasteiger charge is -2.16. The molecule has 2 aromatic carbocycles. The van der Waals surface area contributed by atoms with Gasteiger partial charge in [0.15, 0.2) is 10.9 Å². The number of aromatic carboxylic acids is 1. The summed E-state index contributed by atoms with van der Waals surface area (Å²) in [5, 5.41) is 24.6. The van der Waals surface area contributed by atoms with Crippen molar-refractivity contribution in [1.82, 2.24) is 15.0 Å². The molecule has 35 heavy (non-hydrogen) atoms. The van der Waals surface area contributed by atoms with Gasteiger partial charge < -0.3 is 10.4 Å². The zero-order valence-electron chi connectivity index (χ0n) is 18.2. The molecule has 10 nitrogen and oxygen atoms in total.